The third-order valence-electron chi connectivity index (χ3n) is 9.31. The van der Waals surface area contributed by atoms with Gasteiger partial charge in [0.05, 0.1) is 24.2 Å². The summed E-state index contributed by atoms with van der Waals surface area (Å²) in [5.74, 6) is -3.81. The SMILES string of the molecule is C=CCN(C(=O)C1N([C@@H](CO)Cc2ccccc2)C(=O)[C@@H]2[C@H](C(=O)O)[C@]3(CC)CCC12O3)C(C)(C)CC(C)(C)C. The summed E-state index contributed by atoms with van der Waals surface area (Å²) in [6.07, 6.45) is 4.04. The van der Waals surface area contributed by atoms with Gasteiger partial charge in [-0.1, -0.05) is 64.1 Å². The summed E-state index contributed by atoms with van der Waals surface area (Å²) in [7, 11) is 0. The fourth-order valence-corrected chi connectivity index (χ4v) is 8.15. The highest BCUT2D eigenvalue weighted by Gasteiger charge is 2.79. The number of hydrogen-bond acceptors (Lipinski definition) is 5. The zero-order valence-corrected chi connectivity index (χ0v) is 24.9. The van der Waals surface area contributed by atoms with E-state index in [0.717, 1.165) is 5.56 Å². The lowest BCUT2D eigenvalue weighted by Crippen LogP contribution is -2.62. The van der Waals surface area contributed by atoms with Crippen molar-refractivity contribution >= 4 is 17.8 Å². The van der Waals surface area contributed by atoms with Crippen molar-refractivity contribution in [2.24, 2.45) is 17.3 Å². The summed E-state index contributed by atoms with van der Waals surface area (Å²) < 4.78 is 6.72. The number of fused-ring (bicyclic) bond motifs is 1. The van der Waals surface area contributed by atoms with Gasteiger partial charge in [-0.05, 0) is 56.9 Å². The van der Waals surface area contributed by atoms with E-state index in [9.17, 15) is 24.6 Å². The van der Waals surface area contributed by atoms with E-state index in [1.54, 1.807) is 11.0 Å². The van der Waals surface area contributed by atoms with Crippen LogP contribution in [0.5, 0.6) is 0 Å². The Bertz CT molecular complexity index is 1140. The molecular formula is C32H46N2O6. The van der Waals surface area contributed by atoms with Crippen LogP contribution in [0.15, 0.2) is 43.0 Å². The molecule has 3 saturated heterocycles. The van der Waals surface area contributed by atoms with E-state index in [4.69, 9.17) is 4.74 Å². The number of ether oxygens (including phenoxy) is 1. The van der Waals surface area contributed by atoms with Crippen LogP contribution < -0.4 is 0 Å². The Morgan fingerprint density at radius 2 is 1.85 bits per heavy atom. The van der Waals surface area contributed by atoms with Gasteiger partial charge in [-0.25, -0.2) is 0 Å². The number of carboxylic acids is 1. The molecule has 1 spiro atoms. The number of hydrogen-bond donors (Lipinski definition) is 2. The first kappa shape index (κ1) is 30.3. The van der Waals surface area contributed by atoms with Crippen LogP contribution in [0.4, 0.5) is 0 Å². The number of amides is 2. The van der Waals surface area contributed by atoms with Gasteiger partial charge in [-0.2, -0.15) is 0 Å². The lowest BCUT2D eigenvalue weighted by molar-refractivity contribution is -0.162. The Kier molecular flexibility index (Phi) is 8.02. The predicted molar refractivity (Wildman–Crippen MR) is 152 cm³/mol. The summed E-state index contributed by atoms with van der Waals surface area (Å²) in [5, 5.41) is 21.0. The van der Waals surface area contributed by atoms with Crippen molar-refractivity contribution < 1.29 is 29.3 Å². The van der Waals surface area contributed by atoms with Gasteiger partial charge in [0.15, 0.2) is 0 Å². The van der Waals surface area contributed by atoms with Gasteiger partial charge in [0.25, 0.3) is 0 Å². The molecule has 2 bridgehead atoms. The van der Waals surface area contributed by atoms with Crippen LogP contribution >= 0.6 is 0 Å². The van der Waals surface area contributed by atoms with Crippen LogP contribution in [0.25, 0.3) is 0 Å². The third kappa shape index (κ3) is 4.87. The molecular weight excluding hydrogens is 508 g/mol. The van der Waals surface area contributed by atoms with E-state index < -0.39 is 52.5 Å². The minimum Gasteiger partial charge on any atom is -0.481 e. The molecule has 1 aromatic carbocycles. The second-order valence-corrected chi connectivity index (χ2v) is 13.7. The summed E-state index contributed by atoms with van der Waals surface area (Å²) in [6, 6.07) is 7.75. The fraction of sp³-hybridized carbons (Fsp3) is 0.656. The zero-order valence-electron chi connectivity index (χ0n) is 24.9. The lowest BCUT2D eigenvalue weighted by atomic mass is 9.65. The van der Waals surface area contributed by atoms with E-state index in [1.807, 2.05) is 51.1 Å². The molecule has 8 nitrogen and oxygen atoms in total. The van der Waals surface area contributed by atoms with Crippen molar-refractivity contribution in [2.75, 3.05) is 13.2 Å². The number of nitrogens with zero attached hydrogens (tertiary/aromatic N) is 2. The number of rotatable bonds is 11. The first-order valence-electron chi connectivity index (χ1n) is 14.5. The predicted octanol–water partition coefficient (Wildman–Crippen LogP) is 4.06. The molecule has 2 amide bonds. The Balaban J connectivity index is 1.86. The summed E-state index contributed by atoms with van der Waals surface area (Å²) in [5.41, 5.74) is -2.02. The molecule has 0 aliphatic carbocycles. The van der Waals surface area contributed by atoms with Gasteiger partial charge in [-0.15, -0.1) is 6.58 Å². The van der Waals surface area contributed by atoms with Crippen LogP contribution in [0.2, 0.25) is 0 Å². The smallest absolute Gasteiger partial charge is 0.310 e. The number of benzene rings is 1. The molecule has 1 aromatic rings. The van der Waals surface area contributed by atoms with Gasteiger partial charge in [0.1, 0.15) is 17.6 Å². The standard InChI is InChI=1S/C32H46N2O6/c1-8-17-33(30(6,7)20-29(3,4)5)27(37)25-32-16-15-31(9-2,40-32)24(28(38)39)23(32)26(36)34(25)22(19-35)18-21-13-11-10-12-14-21/h8,10-14,22-25,35H,1,9,15-20H2,2-7H3,(H,38,39)/t22-,23+,24-,25?,31+,32?/m1/s1. The van der Waals surface area contributed by atoms with E-state index in [0.29, 0.717) is 32.1 Å². The summed E-state index contributed by atoms with van der Waals surface area (Å²) >= 11 is 0. The maximum atomic E-state index is 14.9. The van der Waals surface area contributed by atoms with Gasteiger partial charge in [0.2, 0.25) is 11.8 Å². The normalized spacial score (nSPS) is 30.3. The van der Waals surface area contributed by atoms with Crippen molar-refractivity contribution in [1.29, 1.82) is 0 Å². The van der Waals surface area contributed by atoms with E-state index in [1.165, 1.54) is 4.90 Å². The van der Waals surface area contributed by atoms with Gasteiger partial charge in [0, 0.05) is 12.1 Å². The fourth-order valence-electron chi connectivity index (χ4n) is 8.15. The number of aliphatic hydroxyl groups excluding tert-OH is 1. The highest BCUT2D eigenvalue weighted by Crippen LogP contribution is 2.64. The molecule has 0 saturated carbocycles. The molecule has 3 aliphatic heterocycles. The Morgan fingerprint density at radius 1 is 1.20 bits per heavy atom. The topological polar surface area (TPSA) is 107 Å². The van der Waals surface area contributed by atoms with Crippen LogP contribution in [0.3, 0.4) is 0 Å². The van der Waals surface area contributed by atoms with Crippen molar-refractivity contribution in [3.8, 4) is 0 Å². The molecule has 6 atom stereocenters. The highest BCUT2D eigenvalue weighted by atomic mass is 16.5. The largest absolute Gasteiger partial charge is 0.481 e. The molecule has 40 heavy (non-hydrogen) atoms. The van der Waals surface area contributed by atoms with E-state index in [2.05, 4.69) is 27.4 Å². The van der Waals surface area contributed by atoms with E-state index >= 15 is 0 Å². The quantitative estimate of drug-likeness (QED) is 0.400. The number of carboxylic acid groups (broad SMARTS) is 1. The van der Waals surface area contributed by atoms with Gasteiger partial charge < -0.3 is 24.7 Å². The molecule has 2 N–H and O–H groups in total. The van der Waals surface area contributed by atoms with Crippen LogP contribution in [0.1, 0.15) is 72.8 Å². The summed E-state index contributed by atoms with van der Waals surface area (Å²) in [4.78, 5) is 45.2. The molecule has 0 radical (unpaired) electrons. The monoisotopic (exact) mass is 554 g/mol. The van der Waals surface area contributed by atoms with Gasteiger partial charge >= 0.3 is 5.97 Å². The maximum absolute atomic E-state index is 14.9. The molecule has 0 aromatic heterocycles. The van der Waals surface area contributed by atoms with Crippen molar-refractivity contribution in [1.82, 2.24) is 9.80 Å². The molecule has 3 aliphatic rings. The van der Waals surface area contributed by atoms with E-state index in [-0.39, 0.29) is 24.5 Å². The molecule has 220 valence electrons. The average molecular weight is 555 g/mol. The molecule has 3 fully saturated rings. The first-order valence-corrected chi connectivity index (χ1v) is 14.5. The second-order valence-electron chi connectivity index (χ2n) is 13.7. The minimum absolute atomic E-state index is 0.0842. The van der Waals surface area contributed by atoms with Crippen molar-refractivity contribution in [3.63, 3.8) is 0 Å². The first-order chi connectivity index (χ1) is 18.7. The van der Waals surface area contributed by atoms with Crippen molar-refractivity contribution in [3.05, 3.63) is 48.6 Å². The number of carbonyl (C=O) groups excluding carboxylic acids is 2. The number of likely N-dealkylation sites (tertiary alicyclic amines) is 1. The Hall–Kier alpha value is -2.71. The number of aliphatic carboxylic acids is 1. The number of carbonyl (C=O) groups is 3. The number of aliphatic hydroxyl groups is 1. The average Bonchev–Trinajstić information content (AvgIpc) is 3.48. The molecule has 3 heterocycles. The third-order valence-corrected chi connectivity index (χ3v) is 9.31. The second kappa shape index (κ2) is 10.6. The van der Waals surface area contributed by atoms with Crippen LogP contribution in [-0.2, 0) is 25.5 Å². The van der Waals surface area contributed by atoms with Crippen molar-refractivity contribution in [2.45, 2.75) is 102 Å². The molecule has 4 rings (SSSR count). The Labute approximate surface area is 238 Å². The molecule has 2 unspecified atom stereocenters. The van der Waals surface area contributed by atoms with Gasteiger partial charge in [-0.3, -0.25) is 14.4 Å². The maximum Gasteiger partial charge on any atom is 0.310 e. The Morgan fingerprint density at radius 3 is 2.38 bits per heavy atom. The zero-order chi connectivity index (χ0) is 29.7. The highest BCUT2D eigenvalue weighted by molar-refractivity contribution is 5.98. The lowest BCUT2D eigenvalue weighted by Gasteiger charge is -2.46. The van der Waals surface area contributed by atoms with Crippen LogP contribution in [-0.4, -0.2) is 79.8 Å². The van der Waals surface area contributed by atoms with Crippen LogP contribution in [0, 0.1) is 17.3 Å². The minimum atomic E-state index is -1.27. The summed E-state index contributed by atoms with van der Waals surface area (Å²) in [6.45, 7) is 16.1. The molecule has 8 heteroatoms.